The molecule has 0 aliphatic carbocycles. The van der Waals surface area contributed by atoms with E-state index in [0.717, 1.165) is 85.3 Å². The molecular weight excluding hydrogens is 1190 g/mol. The summed E-state index contributed by atoms with van der Waals surface area (Å²) in [6, 6.07) is 14.5. The number of hydrogen-bond acceptors (Lipinski definition) is 15. The van der Waals surface area contributed by atoms with Crippen molar-refractivity contribution >= 4 is 114 Å². The zero-order valence-electron chi connectivity index (χ0n) is 48.4. The highest BCUT2D eigenvalue weighted by Crippen LogP contribution is 2.55. The third kappa shape index (κ3) is 14.2. The number of aromatic nitrogens is 2. The van der Waals surface area contributed by atoms with Gasteiger partial charge in [0.25, 0.3) is 54.0 Å². The zero-order chi connectivity index (χ0) is 61.8. The minimum Gasteiger partial charge on any atom is -0.351 e. The van der Waals surface area contributed by atoms with Gasteiger partial charge in [0.05, 0.1) is 33.7 Å². The van der Waals surface area contributed by atoms with E-state index in [9.17, 15) is 58.1 Å². The van der Waals surface area contributed by atoms with Gasteiger partial charge in [-0.3, -0.25) is 32.8 Å². The van der Waals surface area contributed by atoms with Crippen LogP contribution in [-0.4, -0.2) is 139 Å². The van der Waals surface area contributed by atoms with E-state index in [2.05, 4.69) is 93.5 Å². The molecule has 0 saturated heterocycles. The van der Waals surface area contributed by atoms with Gasteiger partial charge in [-0.15, -0.1) is 22.7 Å². The first-order valence-corrected chi connectivity index (χ1v) is 34.7. The molecule has 7 N–H and O–H groups in total. The van der Waals surface area contributed by atoms with Crippen LogP contribution in [0, 0.1) is 0 Å². The smallest absolute Gasteiger partial charge is 0.269 e. The van der Waals surface area contributed by atoms with Crippen LogP contribution in [0.4, 0.5) is 11.4 Å². The highest BCUT2D eigenvalue weighted by molar-refractivity contribution is 7.86. The summed E-state index contributed by atoms with van der Waals surface area (Å²) in [5, 5.41) is 16.2. The average Bonchev–Trinajstić information content (AvgIpc) is 1.60. The molecule has 0 spiro atoms. The maximum Gasteiger partial charge on any atom is 0.269 e. The Balaban J connectivity index is 1.28. The number of hydrogen-bond donors (Lipinski definition) is 7. The molecular formula is C59H71N8O13S5+. The first-order valence-electron chi connectivity index (χ1n) is 28.1. The molecule has 1 unspecified atom stereocenters. The van der Waals surface area contributed by atoms with Crippen LogP contribution in [0.15, 0.2) is 83.2 Å². The van der Waals surface area contributed by atoms with Gasteiger partial charge in [0.2, 0.25) is 5.69 Å². The van der Waals surface area contributed by atoms with E-state index in [1.165, 1.54) is 34.8 Å². The van der Waals surface area contributed by atoms with Crippen molar-refractivity contribution in [2.24, 2.45) is 0 Å². The number of nitrogens with one attached hydrogen (secondary N) is 4. The van der Waals surface area contributed by atoms with Gasteiger partial charge in [0.1, 0.15) is 29.3 Å². The fourth-order valence-electron chi connectivity index (χ4n) is 11.4. The van der Waals surface area contributed by atoms with Crippen molar-refractivity contribution in [2.45, 2.75) is 97.8 Å². The van der Waals surface area contributed by atoms with Crippen LogP contribution in [0.25, 0.3) is 42.4 Å². The SMILES string of the molecule is CCCCCN1/C(=C/C=C/C2=[N+](CCCS(=O)(=O)O)c3c(cc(-c4cc(C(=O)NCC)nc(C(=O)NCC)c4)c4sccc34)C2(C)CCC)C(C)(C)c2cc(-c3cc(C(=O)NCCS(=O)(=O)O)nc(C(=O)NCCS(=O)(=O)O)c3)c3sccc3c21. The topological polar surface area (TPSA) is 312 Å². The third-order valence-corrected chi connectivity index (χ3v) is 19.3. The number of anilines is 1. The van der Waals surface area contributed by atoms with E-state index >= 15 is 0 Å². The van der Waals surface area contributed by atoms with E-state index in [1.807, 2.05) is 35.0 Å². The molecule has 6 aromatic rings. The predicted octanol–water partition coefficient (Wildman–Crippen LogP) is 8.84. The van der Waals surface area contributed by atoms with Crippen molar-refractivity contribution in [1.82, 2.24) is 31.2 Å². The summed E-state index contributed by atoms with van der Waals surface area (Å²) >= 11 is 2.95. The number of rotatable bonds is 26. The second-order valence-corrected chi connectivity index (χ2v) is 28.2. The molecule has 8 rings (SSSR count). The fraction of sp³-hybridized carbons (Fsp3) is 0.407. The largest absolute Gasteiger partial charge is 0.351 e. The highest BCUT2D eigenvalue weighted by atomic mass is 32.2. The Labute approximate surface area is 503 Å². The van der Waals surface area contributed by atoms with Crippen LogP contribution in [0.2, 0.25) is 0 Å². The summed E-state index contributed by atoms with van der Waals surface area (Å²) in [5.74, 6) is -4.57. The van der Waals surface area contributed by atoms with Crippen LogP contribution in [0.3, 0.4) is 0 Å². The van der Waals surface area contributed by atoms with E-state index in [0.29, 0.717) is 42.7 Å². The molecule has 1 atom stereocenters. The van der Waals surface area contributed by atoms with Crippen LogP contribution in [0.1, 0.15) is 140 Å². The maximum absolute atomic E-state index is 13.6. The number of allylic oxidation sites excluding steroid dienone is 4. The first-order chi connectivity index (χ1) is 40.1. The van der Waals surface area contributed by atoms with Crippen molar-refractivity contribution in [3.05, 3.63) is 117 Å². The number of pyridine rings is 2. The molecule has 0 bridgehead atoms. The van der Waals surface area contributed by atoms with Gasteiger partial charge >= 0.3 is 0 Å². The molecule has 2 aromatic carbocycles. The number of carbonyl (C=O) groups excluding carboxylic acids is 4. The molecule has 2 aliphatic heterocycles. The Morgan fingerprint density at radius 3 is 1.59 bits per heavy atom. The lowest BCUT2D eigenvalue weighted by atomic mass is 9.74. The van der Waals surface area contributed by atoms with Crippen molar-refractivity contribution in [2.75, 3.05) is 61.4 Å². The lowest BCUT2D eigenvalue weighted by molar-refractivity contribution is -0.435. The first kappa shape index (κ1) is 64.2. The molecule has 6 heterocycles. The number of thiophene rings is 2. The lowest BCUT2D eigenvalue weighted by Gasteiger charge is -2.27. The molecule has 4 aromatic heterocycles. The van der Waals surface area contributed by atoms with Crippen LogP contribution < -0.4 is 26.2 Å². The standard InChI is InChI=1S/C59H70N8O13S5/c1-8-12-13-23-66-48(58(5,6)42-34-40(52-38(50(42)66)18-25-81-52)36-32-46(56(70)62-21-28-84(75,76)77)65-47(33-36)57(71)63-22-29-85(78,79)80)16-14-17-49-59(7,20-9-2)43-35-41(37-30-44(54(68)60-10-3)64-45(31-37)55(69)61-11-4)53-39(19-26-82-53)51(43)67(49)24-15-27-83(72,73)74/h14,16-19,25-26,30-35H,8-13,15,20-24,27-29H2,1-7H3,(H6-,60,61,62,63,68,69,70,71,72,73,74,75,76,77,78,79,80)/p+1. The van der Waals surface area contributed by atoms with E-state index in [-0.39, 0.29) is 35.7 Å². The third-order valence-electron chi connectivity index (χ3n) is 15.2. The Morgan fingerprint density at radius 1 is 0.624 bits per heavy atom. The van der Waals surface area contributed by atoms with Crippen LogP contribution in [-0.2, 0) is 41.2 Å². The fourth-order valence-corrected chi connectivity index (χ4v) is 14.5. The van der Waals surface area contributed by atoms with Crippen molar-refractivity contribution < 1.29 is 62.7 Å². The number of amides is 4. The zero-order valence-corrected chi connectivity index (χ0v) is 52.4. The molecule has 21 nitrogen and oxygen atoms in total. The molecule has 2 aliphatic rings. The number of carbonyl (C=O) groups is 4. The van der Waals surface area contributed by atoms with Gasteiger partial charge < -0.3 is 26.2 Å². The number of benzene rings is 2. The van der Waals surface area contributed by atoms with Crippen LogP contribution >= 0.6 is 22.7 Å². The van der Waals surface area contributed by atoms with Crippen molar-refractivity contribution in [3.63, 3.8) is 0 Å². The normalized spacial score (nSPS) is 16.4. The summed E-state index contributed by atoms with van der Waals surface area (Å²) in [6.07, 6.45) is 10.5. The van der Waals surface area contributed by atoms with Crippen molar-refractivity contribution in [3.8, 4) is 22.3 Å². The summed E-state index contributed by atoms with van der Waals surface area (Å²) in [5.41, 5.74) is 6.31. The second kappa shape index (κ2) is 26.1. The predicted molar refractivity (Wildman–Crippen MR) is 334 cm³/mol. The highest BCUT2D eigenvalue weighted by Gasteiger charge is 2.49. The number of unbranched alkanes of at least 4 members (excludes halogenated alkanes) is 2. The van der Waals surface area contributed by atoms with E-state index in [4.69, 9.17) is 0 Å². The van der Waals surface area contributed by atoms with Gasteiger partial charge in [0.15, 0.2) is 5.71 Å². The van der Waals surface area contributed by atoms with Crippen LogP contribution in [0.5, 0.6) is 0 Å². The maximum atomic E-state index is 13.6. The van der Waals surface area contributed by atoms with Gasteiger partial charge in [-0.1, -0.05) is 53.0 Å². The molecule has 454 valence electrons. The summed E-state index contributed by atoms with van der Waals surface area (Å²) in [4.78, 5) is 65.2. The Morgan fingerprint density at radius 2 is 1.11 bits per heavy atom. The Hall–Kier alpha value is -6.78. The molecule has 85 heavy (non-hydrogen) atoms. The number of fused-ring (bicyclic) bond motifs is 6. The average molecular weight is 1260 g/mol. The molecule has 0 fully saturated rings. The molecule has 4 amide bonds. The Kier molecular flexibility index (Phi) is 19.7. The monoisotopic (exact) mass is 1260 g/mol. The quantitative estimate of drug-likeness (QED) is 0.0151. The van der Waals surface area contributed by atoms with Gasteiger partial charge in [-0.05, 0) is 116 Å². The lowest BCUT2D eigenvalue weighted by Crippen LogP contribution is -2.32. The van der Waals surface area contributed by atoms with Gasteiger partial charge in [0, 0.05) is 87.8 Å². The summed E-state index contributed by atoms with van der Waals surface area (Å²) in [7, 11) is -13.2. The minimum atomic E-state index is -4.44. The van der Waals surface area contributed by atoms with E-state index < -0.39 is 95.2 Å². The number of nitrogens with zero attached hydrogens (tertiary/aromatic N) is 4. The minimum absolute atomic E-state index is 0.0884. The summed E-state index contributed by atoms with van der Waals surface area (Å²) in [6.45, 7) is 14.9. The van der Waals surface area contributed by atoms with Gasteiger partial charge in [-0.25, -0.2) is 9.97 Å². The summed E-state index contributed by atoms with van der Waals surface area (Å²) < 4.78 is 103. The van der Waals surface area contributed by atoms with Gasteiger partial charge in [-0.2, -0.15) is 29.8 Å². The molecule has 26 heteroatoms. The Bertz CT molecular complexity index is 3970. The molecule has 0 saturated carbocycles. The molecule has 0 radical (unpaired) electrons. The second-order valence-electron chi connectivity index (χ2n) is 21.7. The van der Waals surface area contributed by atoms with Crippen molar-refractivity contribution in [1.29, 1.82) is 0 Å². The van der Waals surface area contributed by atoms with E-state index in [1.54, 1.807) is 26.0 Å².